The summed E-state index contributed by atoms with van der Waals surface area (Å²) in [5.74, 6) is 0.957. The van der Waals surface area contributed by atoms with Crippen LogP contribution in [0, 0.1) is 0 Å². The van der Waals surface area contributed by atoms with Crippen molar-refractivity contribution in [2.75, 3.05) is 18.5 Å². The van der Waals surface area contributed by atoms with E-state index in [-0.39, 0.29) is 0 Å². The molecule has 0 aromatic carbocycles. The average molecular weight is 296 g/mol. The van der Waals surface area contributed by atoms with Gasteiger partial charge in [-0.2, -0.15) is 0 Å². The van der Waals surface area contributed by atoms with Gasteiger partial charge >= 0.3 is 0 Å². The predicted octanol–water partition coefficient (Wildman–Crippen LogP) is 3.82. The van der Waals surface area contributed by atoms with E-state index < -0.39 is 0 Å². The second kappa shape index (κ2) is 6.87. The summed E-state index contributed by atoms with van der Waals surface area (Å²) in [7, 11) is 2.06. The topological polar surface area (TPSA) is 29.0 Å². The first-order valence-corrected chi connectivity index (χ1v) is 7.71. The number of hydrogen-bond acceptors (Lipinski definition) is 4. The fourth-order valence-corrected chi connectivity index (χ4v) is 2.94. The van der Waals surface area contributed by atoms with Gasteiger partial charge in [0.25, 0.3) is 0 Å². The minimum Gasteiger partial charge on any atom is -0.359 e. The summed E-state index contributed by atoms with van der Waals surface area (Å²) in [6.45, 7) is 3.07. The lowest BCUT2D eigenvalue weighted by Gasteiger charge is -2.21. The van der Waals surface area contributed by atoms with Gasteiger partial charge in [-0.1, -0.05) is 31.0 Å². The van der Waals surface area contributed by atoms with E-state index in [1.54, 1.807) is 17.7 Å². The summed E-state index contributed by atoms with van der Waals surface area (Å²) in [5.41, 5.74) is 1.06. The Bertz CT molecular complexity index is 513. The van der Waals surface area contributed by atoms with Crippen LogP contribution in [0.1, 0.15) is 23.8 Å². The van der Waals surface area contributed by atoms with Crippen molar-refractivity contribution in [1.29, 1.82) is 0 Å². The van der Waals surface area contributed by atoms with Crippen molar-refractivity contribution < 1.29 is 0 Å². The van der Waals surface area contributed by atoms with E-state index in [9.17, 15) is 0 Å². The van der Waals surface area contributed by atoms with Crippen LogP contribution in [0.5, 0.6) is 0 Å². The number of anilines is 1. The molecule has 2 rings (SSSR count). The maximum absolute atomic E-state index is 6.18. The minimum atomic E-state index is 0.579. The molecule has 0 radical (unpaired) electrons. The third kappa shape index (κ3) is 3.67. The Morgan fingerprint density at radius 3 is 2.84 bits per heavy atom. The SMILES string of the molecule is CCCc1c(Cl)ncnc1N(C)CCc1cccs1. The Balaban J connectivity index is 2.09. The van der Waals surface area contributed by atoms with Gasteiger partial charge in [0.2, 0.25) is 0 Å². The molecule has 2 aromatic rings. The van der Waals surface area contributed by atoms with Crippen LogP contribution in [-0.4, -0.2) is 23.6 Å². The monoisotopic (exact) mass is 295 g/mol. The Morgan fingerprint density at radius 2 is 2.16 bits per heavy atom. The molecule has 0 aliphatic rings. The first kappa shape index (κ1) is 14.3. The highest BCUT2D eigenvalue weighted by molar-refractivity contribution is 7.09. The quantitative estimate of drug-likeness (QED) is 0.759. The number of rotatable bonds is 6. The van der Waals surface area contributed by atoms with Gasteiger partial charge in [-0.3, -0.25) is 0 Å². The van der Waals surface area contributed by atoms with E-state index >= 15 is 0 Å². The third-order valence-electron chi connectivity index (χ3n) is 3.01. The fraction of sp³-hybridized carbons (Fsp3) is 0.429. The molecule has 0 saturated carbocycles. The maximum atomic E-state index is 6.18. The molecule has 0 fully saturated rings. The molecule has 0 amide bonds. The predicted molar refractivity (Wildman–Crippen MR) is 82.3 cm³/mol. The molecule has 0 N–H and O–H groups in total. The number of thiophene rings is 1. The van der Waals surface area contributed by atoms with Gasteiger partial charge in [0.1, 0.15) is 17.3 Å². The summed E-state index contributed by atoms with van der Waals surface area (Å²) >= 11 is 7.97. The lowest BCUT2D eigenvalue weighted by atomic mass is 10.1. The normalized spacial score (nSPS) is 10.7. The van der Waals surface area contributed by atoms with Gasteiger partial charge in [-0.05, 0) is 24.3 Å². The summed E-state index contributed by atoms with van der Waals surface area (Å²) < 4.78 is 0. The molecule has 2 heterocycles. The lowest BCUT2D eigenvalue weighted by Crippen LogP contribution is -2.23. The van der Waals surface area contributed by atoms with Gasteiger partial charge in [-0.25, -0.2) is 9.97 Å². The van der Waals surface area contributed by atoms with E-state index in [4.69, 9.17) is 11.6 Å². The number of nitrogens with zero attached hydrogens (tertiary/aromatic N) is 3. The van der Waals surface area contributed by atoms with E-state index in [1.165, 1.54) is 4.88 Å². The molecule has 19 heavy (non-hydrogen) atoms. The first-order valence-electron chi connectivity index (χ1n) is 6.45. The molecule has 5 heteroatoms. The first-order chi connectivity index (χ1) is 9.22. The highest BCUT2D eigenvalue weighted by Crippen LogP contribution is 2.24. The van der Waals surface area contributed by atoms with Gasteiger partial charge in [-0.15, -0.1) is 11.3 Å². The van der Waals surface area contributed by atoms with E-state index in [2.05, 4.69) is 46.4 Å². The van der Waals surface area contributed by atoms with Crippen molar-refractivity contribution in [3.63, 3.8) is 0 Å². The Kier molecular flexibility index (Phi) is 5.16. The number of halogens is 1. The largest absolute Gasteiger partial charge is 0.359 e. The van der Waals surface area contributed by atoms with Gasteiger partial charge < -0.3 is 4.90 Å². The zero-order chi connectivity index (χ0) is 13.7. The van der Waals surface area contributed by atoms with Crippen LogP contribution >= 0.6 is 22.9 Å². The summed E-state index contributed by atoms with van der Waals surface area (Å²) in [4.78, 5) is 12.0. The fourth-order valence-electron chi connectivity index (χ4n) is 2.01. The van der Waals surface area contributed by atoms with Crippen LogP contribution < -0.4 is 4.90 Å². The second-order valence-corrected chi connectivity index (χ2v) is 5.86. The molecule has 102 valence electrons. The van der Waals surface area contributed by atoms with Gasteiger partial charge in [0.05, 0.1) is 0 Å². The zero-order valence-electron chi connectivity index (χ0n) is 11.3. The zero-order valence-corrected chi connectivity index (χ0v) is 12.8. The van der Waals surface area contributed by atoms with E-state index in [0.29, 0.717) is 5.15 Å². The molecular weight excluding hydrogens is 278 g/mol. The van der Waals surface area contributed by atoms with E-state index in [1.807, 2.05) is 0 Å². The second-order valence-electron chi connectivity index (χ2n) is 4.47. The molecule has 0 saturated heterocycles. The molecule has 3 nitrogen and oxygen atoms in total. The molecule has 0 bridgehead atoms. The van der Waals surface area contributed by atoms with Crippen molar-refractivity contribution in [3.05, 3.63) is 39.4 Å². The number of aromatic nitrogens is 2. The molecule has 0 aliphatic carbocycles. The Morgan fingerprint density at radius 1 is 1.32 bits per heavy atom. The minimum absolute atomic E-state index is 0.579. The average Bonchev–Trinajstić information content (AvgIpc) is 2.92. The van der Waals surface area contributed by atoms with Crippen LogP contribution in [0.25, 0.3) is 0 Å². The Hall–Kier alpha value is -1.13. The number of hydrogen-bond donors (Lipinski definition) is 0. The van der Waals surface area contributed by atoms with Crippen LogP contribution in [0.2, 0.25) is 5.15 Å². The molecule has 0 unspecified atom stereocenters. The van der Waals surface area contributed by atoms with Crippen molar-refractivity contribution in [2.24, 2.45) is 0 Å². The smallest absolute Gasteiger partial charge is 0.137 e. The molecule has 0 spiro atoms. The molecular formula is C14H18ClN3S. The standard InChI is InChI=1S/C14H18ClN3S/c1-3-5-12-13(15)16-10-17-14(12)18(2)8-7-11-6-4-9-19-11/h4,6,9-10H,3,5,7-8H2,1-2H3. The molecule has 0 aliphatic heterocycles. The maximum Gasteiger partial charge on any atom is 0.137 e. The van der Waals surface area contributed by atoms with Crippen LogP contribution in [-0.2, 0) is 12.8 Å². The Labute approximate surface area is 123 Å². The van der Waals surface area contributed by atoms with Crippen LogP contribution in [0.3, 0.4) is 0 Å². The van der Waals surface area contributed by atoms with Crippen LogP contribution in [0.15, 0.2) is 23.8 Å². The summed E-state index contributed by atoms with van der Waals surface area (Å²) in [6, 6.07) is 4.25. The van der Waals surface area contributed by atoms with Gasteiger partial charge in [0.15, 0.2) is 0 Å². The van der Waals surface area contributed by atoms with Crippen LogP contribution in [0.4, 0.5) is 5.82 Å². The van der Waals surface area contributed by atoms with E-state index in [0.717, 1.165) is 37.2 Å². The molecule has 0 atom stereocenters. The third-order valence-corrected chi connectivity index (χ3v) is 4.27. The van der Waals surface area contributed by atoms with Crippen molar-refractivity contribution in [1.82, 2.24) is 9.97 Å². The lowest BCUT2D eigenvalue weighted by molar-refractivity contribution is 0.830. The highest BCUT2D eigenvalue weighted by Gasteiger charge is 2.13. The highest BCUT2D eigenvalue weighted by atomic mass is 35.5. The molecule has 2 aromatic heterocycles. The van der Waals surface area contributed by atoms with Gasteiger partial charge in [0, 0.05) is 24.0 Å². The van der Waals surface area contributed by atoms with Crippen molar-refractivity contribution in [2.45, 2.75) is 26.2 Å². The van der Waals surface area contributed by atoms with Crippen molar-refractivity contribution in [3.8, 4) is 0 Å². The summed E-state index contributed by atoms with van der Waals surface area (Å²) in [6.07, 6.45) is 4.52. The van der Waals surface area contributed by atoms with Crippen molar-refractivity contribution >= 4 is 28.8 Å². The number of likely N-dealkylation sites (N-methyl/N-ethyl adjacent to an activating group) is 1. The summed E-state index contributed by atoms with van der Waals surface area (Å²) in [5, 5.41) is 2.69.